The molecule has 0 aromatic heterocycles. The molecule has 0 aliphatic heterocycles. The minimum Gasteiger partial charge on any atom is -0.396 e. The van der Waals surface area contributed by atoms with Gasteiger partial charge >= 0.3 is 0 Å². The van der Waals surface area contributed by atoms with E-state index in [4.69, 9.17) is 10.4 Å². The van der Waals surface area contributed by atoms with Crippen molar-refractivity contribution in [1.29, 1.82) is 5.26 Å². The van der Waals surface area contributed by atoms with Gasteiger partial charge in [-0.25, -0.2) is 4.39 Å². The maximum atomic E-state index is 12.7. The number of aliphatic hydroxyl groups is 1. The van der Waals surface area contributed by atoms with Crippen LogP contribution in [0.4, 0.5) is 10.1 Å². The van der Waals surface area contributed by atoms with E-state index in [-0.39, 0.29) is 12.2 Å². The molecule has 0 saturated heterocycles. The second-order valence-corrected chi connectivity index (χ2v) is 4.37. The number of unbranched alkanes of at least 4 members (excludes halogenated alkanes) is 2. The van der Waals surface area contributed by atoms with Gasteiger partial charge in [0.15, 0.2) is 0 Å². The summed E-state index contributed by atoms with van der Waals surface area (Å²) in [6, 6.07) is 7.10. The molecule has 0 bridgehead atoms. The fraction of sp³-hybridized carbons (Fsp3) is 0.333. The van der Waals surface area contributed by atoms with Crippen LogP contribution in [0.5, 0.6) is 0 Å². The summed E-state index contributed by atoms with van der Waals surface area (Å²) in [6.07, 6.45) is 3.82. The number of aliphatic hydroxyl groups excluding tert-OH is 1. The number of benzene rings is 1. The van der Waals surface area contributed by atoms with Crippen molar-refractivity contribution < 1.29 is 14.3 Å². The Hall–Kier alpha value is -2.39. The van der Waals surface area contributed by atoms with E-state index in [0.717, 1.165) is 19.3 Å². The normalized spacial score (nSPS) is 10.8. The third-order valence-electron chi connectivity index (χ3n) is 2.69. The van der Waals surface area contributed by atoms with Gasteiger partial charge in [-0.1, -0.05) is 0 Å². The van der Waals surface area contributed by atoms with Gasteiger partial charge in [-0.15, -0.1) is 0 Å². The van der Waals surface area contributed by atoms with Crippen LogP contribution in [-0.2, 0) is 4.79 Å². The average Bonchev–Trinajstić information content (AvgIpc) is 2.49. The molecule has 0 aliphatic rings. The lowest BCUT2D eigenvalue weighted by atomic mass is 10.2. The average molecular weight is 291 g/mol. The zero-order valence-corrected chi connectivity index (χ0v) is 11.6. The van der Waals surface area contributed by atoms with Crippen LogP contribution in [0.3, 0.4) is 0 Å². The van der Waals surface area contributed by atoms with Crippen LogP contribution in [0.2, 0.25) is 0 Å². The molecule has 112 valence electrons. The quantitative estimate of drug-likeness (QED) is 0.388. The van der Waals surface area contributed by atoms with Gasteiger partial charge < -0.3 is 15.7 Å². The summed E-state index contributed by atoms with van der Waals surface area (Å²) in [5.41, 5.74) is 0.368. The number of nitriles is 1. The van der Waals surface area contributed by atoms with E-state index in [9.17, 15) is 9.18 Å². The number of halogens is 1. The summed E-state index contributed by atoms with van der Waals surface area (Å²) >= 11 is 0. The van der Waals surface area contributed by atoms with Crippen LogP contribution >= 0.6 is 0 Å². The first-order valence-corrected chi connectivity index (χ1v) is 6.69. The van der Waals surface area contributed by atoms with Crippen molar-refractivity contribution >= 4 is 11.6 Å². The largest absolute Gasteiger partial charge is 0.396 e. The van der Waals surface area contributed by atoms with E-state index in [1.807, 2.05) is 6.07 Å². The van der Waals surface area contributed by atoms with Crippen molar-refractivity contribution in [1.82, 2.24) is 5.32 Å². The van der Waals surface area contributed by atoms with Crippen LogP contribution in [0.15, 0.2) is 36.0 Å². The van der Waals surface area contributed by atoms with Crippen LogP contribution in [0.25, 0.3) is 0 Å². The van der Waals surface area contributed by atoms with Gasteiger partial charge in [-0.05, 0) is 43.5 Å². The molecule has 1 aromatic carbocycles. The Morgan fingerprint density at radius 1 is 1.29 bits per heavy atom. The molecular weight excluding hydrogens is 273 g/mol. The van der Waals surface area contributed by atoms with Gasteiger partial charge in [0.05, 0.1) is 0 Å². The van der Waals surface area contributed by atoms with Crippen molar-refractivity contribution in [2.45, 2.75) is 19.3 Å². The molecule has 0 heterocycles. The highest BCUT2D eigenvalue weighted by Crippen LogP contribution is 2.09. The predicted molar refractivity (Wildman–Crippen MR) is 77.7 cm³/mol. The molecule has 0 radical (unpaired) electrons. The highest BCUT2D eigenvalue weighted by atomic mass is 19.1. The highest BCUT2D eigenvalue weighted by molar-refractivity contribution is 6.06. The van der Waals surface area contributed by atoms with E-state index in [0.29, 0.717) is 12.2 Å². The first kappa shape index (κ1) is 16.7. The first-order chi connectivity index (χ1) is 10.2. The van der Waals surface area contributed by atoms with E-state index in [2.05, 4.69) is 10.6 Å². The third kappa shape index (κ3) is 6.54. The minimum absolute atomic E-state index is 0.0542. The highest BCUT2D eigenvalue weighted by Gasteiger charge is 2.08. The van der Waals surface area contributed by atoms with Gasteiger partial charge in [-0.2, -0.15) is 5.26 Å². The molecule has 0 aliphatic carbocycles. The summed E-state index contributed by atoms with van der Waals surface area (Å²) in [7, 11) is 0. The Bertz CT molecular complexity index is 521. The molecule has 1 amide bonds. The summed E-state index contributed by atoms with van der Waals surface area (Å²) < 4.78 is 12.7. The number of carbonyl (C=O) groups excluding carboxylic acids is 1. The van der Waals surface area contributed by atoms with Crippen molar-refractivity contribution in [3.8, 4) is 6.07 Å². The number of amides is 1. The smallest absolute Gasteiger partial charge is 0.267 e. The van der Waals surface area contributed by atoms with Crippen molar-refractivity contribution in [3.63, 3.8) is 0 Å². The van der Waals surface area contributed by atoms with E-state index >= 15 is 0 Å². The molecule has 0 fully saturated rings. The lowest BCUT2D eigenvalue weighted by Crippen LogP contribution is -2.17. The molecule has 0 unspecified atom stereocenters. The van der Waals surface area contributed by atoms with Crippen molar-refractivity contribution in [3.05, 3.63) is 41.9 Å². The minimum atomic E-state index is -0.549. The number of carbonyl (C=O) groups is 1. The SMILES string of the molecule is N#C/C(=C/NCCCCCO)C(=O)Nc1ccc(F)cc1. The fourth-order valence-corrected chi connectivity index (χ4v) is 1.57. The predicted octanol–water partition coefficient (Wildman–Crippen LogP) is 1.92. The topological polar surface area (TPSA) is 85.2 Å². The van der Waals surface area contributed by atoms with Crippen LogP contribution in [-0.4, -0.2) is 24.2 Å². The number of anilines is 1. The zero-order chi connectivity index (χ0) is 15.5. The lowest BCUT2D eigenvalue weighted by molar-refractivity contribution is -0.112. The second-order valence-electron chi connectivity index (χ2n) is 4.37. The molecule has 5 nitrogen and oxygen atoms in total. The summed E-state index contributed by atoms with van der Waals surface area (Å²) in [4.78, 5) is 11.8. The molecule has 0 atom stereocenters. The van der Waals surface area contributed by atoms with Gasteiger partial charge in [0, 0.05) is 25.0 Å². The first-order valence-electron chi connectivity index (χ1n) is 6.69. The monoisotopic (exact) mass is 291 g/mol. The van der Waals surface area contributed by atoms with Crippen molar-refractivity contribution in [2.24, 2.45) is 0 Å². The molecule has 1 rings (SSSR count). The maximum absolute atomic E-state index is 12.7. The summed E-state index contributed by atoms with van der Waals surface area (Å²) in [5.74, 6) is -0.944. The number of rotatable bonds is 8. The molecule has 1 aromatic rings. The Morgan fingerprint density at radius 3 is 2.62 bits per heavy atom. The standard InChI is InChI=1S/C15H18FN3O2/c16-13-4-6-14(7-5-13)19-15(21)12(10-17)11-18-8-2-1-3-9-20/h4-7,11,18,20H,1-3,8-9H2,(H,19,21)/b12-11-. The fourth-order valence-electron chi connectivity index (χ4n) is 1.57. The molecule has 3 N–H and O–H groups in total. The van der Waals surface area contributed by atoms with E-state index in [1.54, 1.807) is 0 Å². The molecular formula is C15H18FN3O2. The Labute approximate surface area is 123 Å². The molecule has 0 spiro atoms. The lowest BCUT2D eigenvalue weighted by Gasteiger charge is -2.05. The third-order valence-corrected chi connectivity index (χ3v) is 2.69. The van der Waals surface area contributed by atoms with Gasteiger partial charge in [0.25, 0.3) is 5.91 Å². The number of nitrogens with one attached hydrogen (secondary N) is 2. The van der Waals surface area contributed by atoms with Gasteiger partial charge in [0.2, 0.25) is 0 Å². The Morgan fingerprint density at radius 2 is 2.00 bits per heavy atom. The van der Waals surface area contributed by atoms with Gasteiger partial charge in [-0.3, -0.25) is 4.79 Å². The summed E-state index contributed by atoms with van der Waals surface area (Å²) in [6.45, 7) is 0.786. The van der Waals surface area contributed by atoms with E-state index < -0.39 is 11.7 Å². The van der Waals surface area contributed by atoms with E-state index in [1.165, 1.54) is 30.5 Å². The van der Waals surface area contributed by atoms with Crippen LogP contribution in [0.1, 0.15) is 19.3 Å². The van der Waals surface area contributed by atoms with Gasteiger partial charge in [0.1, 0.15) is 17.5 Å². The van der Waals surface area contributed by atoms with Crippen LogP contribution < -0.4 is 10.6 Å². The molecule has 0 saturated carbocycles. The van der Waals surface area contributed by atoms with Crippen LogP contribution in [0, 0.1) is 17.1 Å². The molecule has 21 heavy (non-hydrogen) atoms. The zero-order valence-electron chi connectivity index (χ0n) is 11.6. The number of nitrogens with zero attached hydrogens (tertiary/aromatic N) is 1. The Kier molecular flexibility index (Phi) is 7.54. The summed E-state index contributed by atoms with van der Waals surface area (Å²) in [5, 5.41) is 23.0. The number of hydrogen-bond donors (Lipinski definition) is 3. The van der Waals surface area contributed by atoms with Crippen molar-refractivity contribution in [2.75, 3.05) is 18.5 Å². The second kappa shape index (κ2) is 9.50. The molecule has 6 heteroatoms. The Balaban J connectivity index is 2.45. The number of hydrogen-bond acceptors (Lipinski definition) is 4. The maximum Gasteiger partial charge on any atom is 0.267 e.